The molecule has 2 aromatic rings. The Hall–Kier alpha value is -2.69. The van der Waals surface area contributed by atoms with E-state index >= 15 is 0 Å². The predicted octanol–water partition coefficient (Wildman–Crippen LogP) is 2.57. The Labute approximate surface area is 133 Å². The maximum atomic E-state index is 12.9. The second kappa shape index (κ2) is 6.20. The molecule has 0 saturated carbocycles. The maximum Gasteiger partial charge on any atom is 0.339 e. The third kappa shape index (κ3) is 3.23. The highest BCUT2D eigenvalue weighted by molar-refractivity contribution is 5.95. The molecular formula is C18H16FNO3. The van der Waals surface area contributed by atoms with Gasteiger partial charge in [-0.2, -0.15) is 0 Å². The number of cyclic esters (lactones) is 1. The normalized spacial score (nSPS) is 16.4. The standard InChI is InChI=1S/C18H16FNO3/c1-20(11-12-6-8-14(19)9-7-12)17(21)16-10-13-4-2-3-5-15(13)18(22)23-16/h2-9,16H,10-11H2,1H3. The second-order valence-electron chi connectivity index (χ2n) is 5.58. The Balaban J connectivity index is 1.71. The van der Waals surface area contributed by atoms with Crippen LogP contribution in [0, 0.1) is 5.82 Å². The van der Waals surface area contributed by atoms with E-state index in [1.165, 1.54) is 17.0 Å². The van der Waals surface area contributed by atoms with Gasteiger partial charge in [-0.15, -0.1) is 0 Å². The molecule has 0 fully saturated rings. The lowest BCUT2D eigenvalue weighted by molar-refractivity contribution is -0.140. The molecule has 0 radical (unpaired) electrons. The summed E-state index contributed by atoms with van der Waals surface area (Å²) in [6.45, 7) is 0.328. The van der Waals surface area contributed by atoms with Crippen molar-refractivity contribution in [3.05, 3.63) is 71.0 Å². The number of benzene rings is 2. The molecule has 118 valence electrons. The molecule has 1 aliphatic heterocycles. The van der Waals surface area contributed by atoms with Gasteiger partial charge in [0.05, 0.1) is 5.56 Å². The van der Waals surface area contributed by atoms with Gasteiger partial charge in [0, 0.05) is 20.0 Å². The van der Waals surface area contributed by atoms with Crippen LogP contribution in [-0.4, -0.2) is 29.9 Å². The highest BCUT2D eigenvalue weighted by atomic mass is 19.1. The fourth-order valence-electron chi connectivity index (χ4n) is 2.66. The minimum atomic E-state index is -0.817. The fourth-order valence-corrected chi connectivity index (χ4v) is 2.66. The number of nitrogens with zero attached hydrogens (tertiary/aromatic N) is 1. The summed E-state index contributed by atoms with van der Waals surface area (Å²) < 4.78 is 18.2. The molecule has 3 rings (SSSR count). The smallest absolute Gasteiger partial charge is 0.339 e. The van der Waals surface area contributed by atoms with Crippen LogP contribution in [0.3, 0.4) is 0 Å². The second-order valence-corrected chi connectivity index (χ2v) is 5.58. The molecule has 0 saturated heterocycles. The zero-order valence-electron chi connectivity index (χ0n) is 12.7. The Morgan fingerprint density at radius 1 is 1.22 bits per heavy atom. The number of carbonyl (C=O) groups is 2. The lowest BCUT2D eigenvalue weighted by Crippen LogP contribution is -2.42. The third-order valence-corrected chi connectivity index (χ3v) is 3.88. The van der Waals surface area contributed by atoms with E-state index in [0.29, 0.717) is 18.5 Å². The summed E-state index contributed by atoms with van der Waals surface area (Å²) in [5.41, 5.74) is 2.14. The van der Waals surface area contributed by atoms with E-state index < -0.39 is 12.1 Å². The number of amides is 1. The topological polar surface area (TPSA) is 46.6 Å². The summed E-state index contributed by atoms with van der Waals surface area (Å²) in [4.78, 5) is 26.0. The molecule has 1 amide bonds. The summed E-state index contributed by atoms with van der Waals surface area (Å²) in [7, 11) is 1.64. The Morgan fingerprint density at radius 2 is 1.91 bits per heavy atom. The Morgan fingerprint density at radius 3 is 2.65 bits per heavy atom. The molecule has 4 nitrogen and oxygen atoms in total. The number of carbonyl (C=O) groups excluding carboxylic acids is 2. The van der Waals surface area contributed by atoms with E-state index in [4.69, 9.17) is 4.74 Å². The lowest BCUT2D eigenvalue weighted by Gasteiger charge is -2.27. The number of fused-ring (bicyclic) bond motifs is 1. The van der Waals surface area contributed by atoms with Crippen molar-refractivity contribution in [3.8, 4) is 0 Å². The minimum absolute atomic E-state index is 0.267. The largest absolute Gasteiger partial charge is 0.448 e. The Kier molecular flexibility index (Phi) is 4.10. The number of rotatable bonds is 3. The van der Waals surface area contributed by atoms with Crippen molar-refractivity contribution in [2.75, 3.05) is 7.05 Å². The first-order valence-electron chi connectivity index (χ1n) is 7.33. The number of hydrogen-bond acceptors (Lipinski definition) is 3. The van der Waals surface area contributed by atoms with Crippen molar-refractivity contribution < 1.29 is 18.7 Å². The lowest BCUT2D eigenvalue weighted by atomic mass is 9.98. The summed E-state index contributed by atoms with van der Waals surface area (Å²) in [6.07, 6.45) is -0.447. The molecule has 0 spiro atoms. The van der Waals surface area contributed by atoms with Crippen LogP contribution in [0.5, 0.6) is 0 Å². The molecule has 1 aliphatic rings. The van der Waals surface area contributed by atoms with Crippen LogP contribution in [0.25, 0.3) is 0 Å². The fraction of sp³-hybridized carbons (Fsp3) is 0.222. The zero-order chi connectivity index (χ0) is 16.4. The number of esters is 1. The molecule has 0 aromatic heterocycles. The highest BCUT2D eigenvalue weighted by Gasteiger charge is 2.32. The van der Waals surface area contributed by atoms with E-state index in [1.807, 2.05) is 12.1 Å². The first kappa shape index (κ1) is 15.2. The number of likely N-dealkylation sites (N-methyl/N-ethyl adjacent to an activating group) is 1. The molecule has 1 atom stereocenters. The van der Waals surface area contributed by atoms with Crippen LogP contribution in [0.4, 0.5) is 4.39 Å². The Bertz CT molecular complexity index is 742. The first-order chi connectivity index (χ1) is 11.0. The van der Waals surface area contributed by atoms with Gasteiger partial charge < -0.3 is 9.64 Å². The molecule has 23 heavy (non-hydrogen) atoms. The van der Waals surface area contributed by atoms with Crippen molar-refractivity contribution in [1.82, 2.24) is 4.90 Å². The zero-order valence-corrected chi connectivity index (χ0v) is 12.7. The molecule has 1 unspecified atom stereocenters. The van der Waals surface area contributed by atoms with Crippen molar-refractivity contribution in [1.29, 1.82) is 0 Å². The number of hydrogen-bond donors (Lipinski definition) is 0. The van der Waals surface area contributed by atoms with E-state index in [9.17, 15) is 14.0 Å². The van der Waals surface area contributed by atoms with Gasteiger partial charge in [-0.3, -0.25) is 4.79 Å². The molecule has 0 bridgehead atoms. The van der Waals surface area contributed by atoms with Crippen molar-refractivity contribution in [2.24, 2.45) is 0 Å². The molecule has 1 heterocycles. The van der Waals surface area contributed by atoms with Crippen LogP contribution < -0.4 is 0 Å². The number of halogens is 1. The van der Waals surface area contributed by atoms with Crippen LogP contribution in [-0.2, 0) is 22.5 Å². The summed E-state index contributed by atoms with van der Waals surface area (Å²) in [5.74, 6) is -1.06. The van der Waals surface area contributed by atoms with Crippen molar-refractivity contribution in [2.45, 2.75) is 19.1 Å². The van der Waals surface area contributed by atoms with Gasteiger partial charge in [-0.1, -0.05) is 30.3 Å². The summed E-state index contributed by atoms with van der Waals surface area (Å²) >= 11 is 0. The van der Waals surface area contributed by atoms with E-state index in [0.717, 1.165) is 11.1 Å². The van der Waals surface area contributed by atoms with Crippen molar-refractivity contribution in [3.63, 3.8) is 0 Å². The molecule has 0 aliphatic carbocycles. The van der Waals surface area contributed by atoms with Gasteiger partial charge in [-0.25, -0.2) is 9.18 Å². The van der Waals surface area contributed by atoms with Gasteiger partial charge in [-0.05, 0) is 29.3 Å². The quantitative estimate of drug-likeness (QED) is 0.818. The van der Waals surface area contributed by atoms with Crippen molar-refractivity contribution >= 4 is 11.9 Å². The van der Waals surface area contributed by atoms with E-state index in [2.05, 4.69) is 0 Å². The SMILES string of the molecule is CN(Cc1ccc(F)cc1)C(=O)C1Cc2ccccc2C(=O)O1. The minimum Gasteiger partial charge on any atom is -0.448 e. The van der Waals surface area contributed by atoms with Crippen LogP contribution >= 0.6 is 0 Å². The summed E-state index contributed by atoms with van der Waals surface area (Å²) in [6, 6.07) is 13.1. The van der Waals surface area contributed by atoms with E-state index in [1.54, 1.807) is 31.3 Å². The van der Waals surface area contributed by atoms with Gasteiger partial charge in [0.25, 0.3) is 5.91 Å². The molecule has 0 N–H and O–H groups in total. The van der Waals surface area contributed by atoms with Crippen LogP contribution in [0.1, 0.15) is 21.5 Å². The molecule has 5 heteroatoms. The number of ether oxygens (including phenoxy) is 1. The average molecular weight is 313 g/mol. The van der Waals surface area contributed by atoms with Crippen LogP contribution in [0.2, 0.25) is 0 Å². The predicted molar refractivity (Wildman–Crippen MR) is 82.2 cm³/mol. The molecule has 2 aromatic carbocycles. The van der Waals surface area contributed by atoms with Gasteiger partial charge >= 0.3 is 5.97 Å². The van der Waals surface area contributed by atoms with Gasteiger partial charge in [0.15, 0.2) is 6.10 Å². The van der Waals surface area contributed by atoms with Crippen LogP contribution in [0.15, 0.2) is 48.5 Å². The average Bonchev–Trinajstić information content (AvgIpc) is 2.56. The summed E-state index contributed by atoms with van der Waals surface area (Å²) in [5, 5.41) is 0. The van der Waals surface area contributed by atoms with Gasteiger partial charge in [0.1, 0.15) is 5.82 Å². The van der Waals surface area contributed by atoms with E-state index in [-0.39, 0.29) is 11.7 Å². The monoisotopic (exact) mass is 313 g/mol. The maximum absolute atomic E-state index is 12.9. The van der Waals surface area contributed by atoms with Gasteiger partial charge in [0.2, 0.25) is 0 Å². The first-order valence-corrected chi connectivity index (χ1v) is 7.33. The molecular weight excluding hydrogens is 297 g/mol. The third-order valence-electron chi connectivity index (χ3n) is 3.88. The highest BCUT2D eigenvalue weighted by Crippen LogP contribution is 2.21.